The summed E-state index contributed by atoms with van der Waals surface area (Å²) in [6.45, 7) is 5.48. The van der Waals surface area contributed by atoms with Gasteiger partial charge in [-0.1, -0.05) is 35.9 Å². The van der Waals surface area contributed by atoms with Crippen LogP contribution in [0.5, 0.6) is 0 Å². The van der Waals surface area contributed by atoms with Crippen LogP contribution in [0.25, 0.3) is 6.08 Å². The minimum Gasteiger partial charge on any atom is -0.311 e. The van der Waals surface area contributed by atoms with Gasteiger partial charge in [0.25, 0.3) is 0 Å². The number of rotatable bonds is 2. The van der Waals surface area contributed by atoms with E-state index in [9.17, 15) is 0 Å². The highest BCUT2D eigenvalue weighted by molar-refractivity contribution is 5.55. The summed E-state index contributed by atoms with van der Waals surface area (Å²) in [5.41, 5.74) is 4.04. The van der Waals surface area contributed by atoms with Crippen molar-refractivity contribution in [2.75, 3.05) is 6.54 Å². The molecule has 1 fully saturated rings. The average molecular weight is 201 g/mol. The molecule has 1 aromatic rings. The lowest BCUT2D eigenvalue weighted by molar-refractivity contribution is 0.730. The SMILES string of the molecule is Cc1ccc(C)c(/C=C/C2CCCN2)c1. The molecule has 1 aromatic carbocycles. The Morgan fingerprint density at radius 1 is 1.33 bits per heavy atom. The van der Waals surface area contributed by atoms with E-state index >= 15 is 0 Å². The first-order valence-corrected chi connectivity index (χ1v) is 5.74. The second-order valence-corrected chi connectivity index (χ2v) is 4.42. The number of nitrogens with one attached hydrogen (secondary N) is 1. The quantitative estimate of drug-likeness (QED) is 0.775. The van der Waals surface area contributed by atoms with Gasteiger partial charge in [-0.25, -0.2) is 0 Å². The lowest BCUT2D eigenvalue weighted by Gasteiger charge is -2.05. The third kappa shape index (κ3) is 2.69. The van der Waals surface area contributed by atoms with Crippen molar-refractivity contribution in [1.82, 2.24) is 5.32 Å². The zero-order chi connectivity index (χ0) is 10.7. The molecule has 1 N–H and O–H groups in total. The van der Waals surface area contributed by atoms with Gasteiger partial charge in [-0.15, -0.1) is 0 Å². The Balaban J connectivity index is 2.11. The van der Waals surface area contributed by atoms with E-state index in [1.165, 1.54) is 36.1 Å². The van der Waals surface area contributed by atoms with E-state index in [-0.39, 0.29) is 0 Å². The van der Waals surface area contributed by atoms with E-state index in [1.54, 1.807) is 0 Å². The van der Waals surface area contributed by atoms with Crippen molar-refractivity contribution in [3.8, 4) is 0 Å². The van der Waals surface area contributed by atoms with E-state index in [1.807, 2.05) is 0 Å². The molecule has 1 saturated heterocycles. The summed E-state index contributed by atoms with van der Waals surface area (Å²) in [6.07, 6.45) is 7.14. The molecule has 15 heavy (non-hydrogen) atoms. The van der Waals surface area contributed by atoms with Crippen molar-refractivity contribution in [2.45, 2.75) is 32.7 Å². The zero-order valence-electron chi connectivity index (χ0n) is 9.59. The second kappa shape index (κ2) is 4.63. The Hall–Kier alpha value is -1.08. The third-order valence-corrected chi connectivity index (χ3v) is 3.04. The Labute approximate surface area is 92.2 Å². The first-order valence-electron chi connectivity index (χ1n) is 5.74. The molecule has 0 aromatic heterocycles. The van der Waals surface area contributed by atoms with Crippen molar-refractivity contribution in [2.24, 2.45) is 0 Å². The monoisotopic (exact) mass is 201 g/mol. The molecule has 1 nitrogen and oxygen atoms in total. The van der Waals surface area contributed by atoms with Gasteiger partial charge in [0.1, 0.15) is 0 Å². The van der Waals surface area contributed by atoms with Crippen LogP contribution < -0.4 is 5.32 Å². The first kappa shape index (κ1) is 10.4. The van der Waals surface area contributed by atoms with E-state index < -0.39 is 0 Å². The Bertz CT molecular complexity index is 360. The van der Waals surface area contributed by atoms with E-state index in [0.717, 1.165) is 0 Å². The molecule has 0 radical (unpaired) electrons. The summed E-state index contributed by atoms with van der Waals surface area (Å²) in [5.74, 6) is 0. The van der Waals surface area contributed by atoms with Crippen molar-refractivity contribution in [1.29, 1.82) is 0 Å². The minimum atomic E-state index is 0.588. The van der Waals surface area contributed by atoms with Gasteiger partial charge in [-0.05, 0) is 44.4 Å². The predicted molar refractivity (Wildman–Crippen MR) is 66.0 cm³/mol. The van der Waals surface area contributed by atoms with Crippen LogP contribution in [0.4, 0.5) is 0 Å². The molecule has 1 atom stereocenters. The summed E-state index contributed by atoms with van der Waals surface area (Å²) in [4.78, 5) is 0. The Morgan fingerprint density at radius 3 is 2.93 bits per heavy atom. The Morgan fingerprint density at radius 2 is 2.20 bits per heavy atom. The summed E-state index contributed by atoms with van der Waals surface area (Å²) in [5, 5.41) is 3.47. The lowest BCUT2D eigenvalue weighted by atomic mass is 10.0. The van der Waals surface area contributed by atoms with Crippen molar-refractivity contribution >= 4 is 6.08 Å². The van der Waals surface area contributed by atoms with Crippen LogP contribution in [0.1, 0.15) is 29.5 Å². The minimum absolute atomic E-state index is 0.588. The van der Waals surface area contributed by atoms with E-state index in [0.29, 0.717) is 6.04 Å². The van der Waals surface area contributed by atoms with Crippen LogP contribution in [0.15, 0.2) is 24.3 Å². The van der Waals surface area contributed by atoms with Gasteiger partial charge in [-0.2, -0.15) is 0 Å². The van der Waals surface area contributed by atoms with Crippen molar-refractivity contribution in [3.63, 3.8) is 0 Å². The van der Waals surface area contributed by atoms with Gasteiger partial charge in [0.15, 0.2) is 0 Å². The van der Waals surface area contributed by atoms with Crippen LogP contribution in [0.3, 0.4) is 0 Å². The van der Waals surface area contributed by atoms with Gasteiger partial charge in [0.05, 0.1) is 0 Å². The molecule has 1 aliphatic rings. The summed E-state index contributed by atoms with van der Waals surface area (Å²) < 4.78 is 0. The molecule has 0 saturated carbocycles. The molecule has 0 spiro atoms. The molecule has 1 aliphatic heterocycles. The highest BCUT2D eigenvalue weighted by atomic mass is 14.9. The van der Waals surface area contributed by atoms with Gasteiger partial charge >= 0.3 is 0 Å². The first-order chi connectivity index (χ1) is 7.25. The fourth-order valence-electron chi connectivity index (χ4n) is 2.04. The molecule has 80 valence electrons. The van der Waals surface area contributed by atoms with Crippen LogP contribution in [0.2, 0.25) is 0 Å². The summed E-state index contributed by atoms with van der Waals surface area (Å²) in [7, 11) is 0. The molecule has 0 bridgehead atoms. The topological polar surface area (TPSA) is 12.0 Å². The van der Waals surface area contributed by atoms with Crippen LogP contribution >= 0.6 is 0 Å². The fourth-order valence-corrected chi connectivity index (χ4v) is 2.04. The smallest absolute Gasteiger partial charge is 0.0253 e. The molecular formula is C14H19N. The fraction of sp³-hybridized carbons (Fsp3) is 0.429. The van der Waals surface area contributed by atoms with Crippen molar-refractivity contribution in [3.05, 3.63) is 41.0 Å². The van der Waals surface area contributed by atoms with Gasteiger partial charge in [0.2, 0.25) is 0 Å². The molecule has 0 amide bonds. The predicted octanol–water partition coefficient (Wildman–Crippen LogP) is 3.07. The standard InChI is InChI=1S/C14H19N/c1-11-5-6-12(2)13(10-11)7-8-14-4-3-9-15-14/h5-8,10,14-15H,3-4,9H2,1-2H3/b8-7+. The third-order valence-electron chi connectivity index (χ3n) is 3.04. The van der Waals surface area contributed by atoms with E-state index in [2.05, 4.69) is 49.5 Å². The molecular weight excluding hydrogens is 182 g/mol. The zero-order valence-corrected chi connectivity index (χ0v) is 9.59. The van der Waals surface area contributed by atoms with Crippen molar-refractivity contribution < 1.29 is 0 Å². The largest absolute Gasteiger partial charge is 0.311 e. The van der Waals surface area contributed by atoms with E-state index in [4.69, 9.17) is 0 Å². The van der Waals surface area contributed by atoms with Gasteiger partial charge in [-0.3, -0.25) is 0 Å². The highest BCUT2D eigenvalue weighted by Gasteiger charge is 2.09. The maximum atomic E-state index is 3.47. The molecule has 0 aliphatic carbocycles. The second-order valence-electron chi connectivity index (χ2n) is 4.42. The summed E-state index contributed by atoms with van der Waals surface area (Å²) >= 11 is 0. The van der Waals surface area contributed by atoms with Gasteiger partial charge < -0.3 is 5.32 Å². The molecule has 1 unspecified atom stereocenters. The van der Waals surface area contributed by atoms with Gasteiger partial charge in [0, 0.05) is 6.04 Å². The van der Waals surface area contributed by atoms with Crippen LogP contribution in [-0.2, 0) is 0 Å². The van der Waals surface area contributed by atoms with Crippen LogP contribution in [-0.4, -0.2) is 12.6 Å². The molecule has 1 heteroatoms. The normalized spacial score (nSPS) is 21.3. The lowest BCUT2D eigenvalue weighted by Crippen LogP contribution is -2.17. The number of aryl methyl sites for hydroxylation is 2. The maximum absolute atomic E-state index is 3.47. The number of benzene rings is 1. The molecule has 2 rings (SSSR count). The maximum Gasteiger partial charge on any atom is 0.0253 e. The van der Waals surface area contributed by atoms with Crippen LogP contribution in [0, 0.1) is 13.8 Å². The number of hydrogen-bond acceptors (Lipinski definition) is 1. The average Bonchev–Trinajstić information content (AvgIpc) is 2.72. The molecule has 1 heterocycles. The Kier molecular flexibility index (Phi) is 3.22. The summed E-state index contributed by atoms with van der Waals surface area (Å²) in [6, 6.07) is 7.20. The highest BCUT2D eigenvalue weighted by Crippen LogP contribution is 2.14. The number of hydrogen-bond donors (Lipinski definition) is 1.